The number of carbonyl (C=O) groups is 1. The van der Waals surface area contributed by atoms with E-state index in [0.717, 1.165) is 11.3 Å². The summed E-state index contributed by atoms with van der Waals surface area (Å²) in [5.41, 5.74) is 2.52. The highest BCUT2D eigenvalue weighted by Crippen LogP contribution is 2.49. The van der Waals surface area contributed by atoms with E-state index in [1.54, 1.807) is 13.2 Å². The number of hydrogen-bond acceptors (Lipinski definition) is 5. The maximum absolute atomic E-state index is 14.7. The molecule has 0 spiro atoms. The number of rotatable bonds is 6. The topological polar surface area (TPSA) is 74.6 Å². The Hall–Kier alpha value is -3.27. The number of halogens is 1. The molecular formula is C22H24FN3O3. The fraction of sp³-hybridized carbons (Fsp3) is 0.364. The zero-order valence-corrected chi connectivity index (χ0v) is 16.7. The van der Waals surface area contributed by atoms with Crippen molar-refractivity contribution in [2.24, 2.45) is 0 Å². The van der Waals surface area contributed by atoms with Crippen LogP contribution in [0.3, 0.4) is 0 Å². The highest BCUT2D eigenvalue weighted by Gasteiger charge is 2.39. The Morgan fingerprint density at radius 1 is 1.28 bits per heavy atom. The third-order valence-corrected chi connectivity index (χ3v) is 5.02. The van der Waals surface area contributed by atoms with Crippen LogP contribution in [0.5, 0.6) is 5.75 Å². The minimum atomic E-state index is -0.691. The number of benzene rings is 2. The molecule has 2 unspecified atom stereocenters. The number of nitrogens with zero attached hydrogens (tertiary/aromatic N) is 2. The number of fused-ring (bicyclic) bond motifs is 1. The van der Waals surface area contributed by atoms with Crippen LogP contribution in [0.2, 0.25) is 0 Å². The molecule has 0 radical (unpaired) electrons. The average Bonchev–Trinajstić information content (AvgIpc) is 3.06. The molecule has 1 N–H and O–H groups in total. The van der Waals surface area contributed by atoms with Crippen LogP contribution in [0.4, 0.5) is 20.6 Å². The lowest BCUT2D eigenvalue weighted by molar-refractivity contribution is 0.161. The van der Waals surface area contributed by atoms with Crippen molar-refractivity contribution in [1.82, 2.24) is 0 Å². The molecule has 2 atom stereocenters. The van der Waals surface area contributed by atoms with Crippen molar-refractivity contribution in [2.75, 3.05) is 30.5 Å². The lowest BCUT2D eigenvalue weighted by Crippen LogP contribution is -2.26. The first kappa shape index (κ1) is 20.5. The molecule has 1 heterocycles. The minimum absolute atomic E-state index is 0.0450. The molecule has 0 aromatic heterocycles. The molecule has 0 fully saturated rings. The first-order valence-electron chi connectivity index (χ1n) is 9.61. The van der Waals surface area contributed by atoms with Crippen molar-refractivity contribution in [3.63, 3.8) is 0 Å². The second-order valence-electron chi connectivity index (χ2n) is 6.76. The van der Waals surface area contributed by atoms with Gasteiger partial charge in [0.25, 0.3) is 0 Å². The minimum Gasteiger partial charge on any atom is -0.497 e. The third kappa shape index (κ3) is 3.97. The number of nitrogens with one attached hydrogen (secondary N) is 1. The van der Waals surface area contributed by atoms with Gasteiger partial charge in [0.15, 0.2) is 0 Å². The molecule has 1 aliphatic heterocycles. The van der Waals surface area contributed by atoms with E-state index in [9.17, 15) is 14.4 Å². The molecule has 29 heavy (non-hydrogen) atoms. The maximum Gasteiger partial charge on any atom is 0.411 e. The molecule has 2 aromatic carbocycles. The quantitative estimate of drug-likeness (QED) is 0.744. The molecule has 7 heteroatoms. The summed E-state index contributed by atoms with van der Waals surface area (Å²) in [6.45, 7) is 4.79. The average molecular weight is 397 g/mol. The summed E-state index contributed by atoms with van der Waals surface area (Å²) in [6, 6.07) is 12.3. The van der Waals surface area contributed by atoms with Gasteiger partial charge in [-0.15, -0.1) is 0 Å². The normalized spacial score (nSPS) is 17.4. The molecule has 0 aliphatic carbocycles. The van der Waals surface area contributed by atoms with Crippen molar-refractivity contribution in [2.45, 2.75) is 32.2 Å². The van der Waals surface area contributed by atoms with E-state index in [4.69, 9.17) is 9.47 Å². The molecule has 3 rings (SSSR count). The van der Waals surface area contributed by atoms with Gasteiger partial charge in [-0.1, -0.05) is 19.1 Å². The number of methoxy groups -OCH3 is 1. The van der Waals surface area contributed by atoms with E-state index >= 15 is 0 Å². The van der Waals surface area contributed by atoms with E-state index in [0.29, 0.717) is 24.3 Å². The third-order valence-electron chi connectivity index (χ3n) is 5.02. The zero-order valence-electron chi connectivity index (χ0n) is 16.7. The zero-order chi connectivity index (χ0) is 21.0. The molecule has 0 bridgehead atoms. The Morgan fingerprint density at radius 3 is 2.69 bits per heavy atom. The van der Waals surface area contributed by atoms with Crippen LogP contribution in [0.1, 0.15) is 43.4 Å². The van der Waals surface area contributed by atoms with Gasteiger partial charge in [-0.05, 0) is 42.7 Å². The molecule has 2 aromatic rings. The van der Waals surface area contributed by atoms with Gasteiger partial charge in [0.05, 0.1) is 37.4 Å². The van der Waals surface area contributed by atoms with Crippen LogP contribution in [0.15, 0.2) is 36.4 Å². The highest BCUT2D eigenvalue weighted by molar-refractivity contribution is 5.84. The Morgan fingerprint density at radius 2 is 2.07 bits per heavy atom. The first-order chi connectivity index (χ1) is 14.0. The van der Waals surface area contributed by atoms with Crippen LogP contribution in [0, 0.1) is 17.1 Å². The number of nitriles is 1. The summed E-state index contributed by atoms with van der Waals surface area (Å²) in [5.74, 6) is -0.309. The fourth-order valence-electron chi connectivity index (χ4n) is 3.70. The van der Waals surface area contributed by atoms with Crippen LogP contribution in [-0.4, -0.2) is 26.4 Å². The second-order valence-corrected chi connectivity index (χ2v) is 6.76. The van der Waals surface area contributed by atoms with Crippen molar-refractivity contribution in [3.8, 4) is 11.8 Å². The van der Waals surface area contributed by atoms with Crippen molar-refractivity contribution >= 4 is 17.5 Å². The van der Waals surface area contributed by atoms with E-state index in [2.05, 4.69) is 16.3 Å². The summed E-state index contributed by atoms with van der Waals surface area (Å²) in [7, 11) is 1.60. The first-order valence-corrected chi connectivity index (χ1v) is 9.61. The molecule has 0 saturated carbocycles. The summed E-state index contributed by atoms with van der Waals surface area (Å²) >= 11 is 0. The Labute approximate surface area is 169 Å². The highest BCUT2D eigenvalue weighted by atomic mass is 19.1. The van der Waals surface area contributed by atoms with Crippen molar-refractivity contribution in [3.05, 3.63) is 53.3 Å². The van der Waals surface area contributed by atoms with Crippen LogP contribution >= 0.6 is 0 Å². The molecule has 0 saturated heterocycles. The lowest BCUT2D eigenvalue weighted by Gasteiger charge is -2.28. The summed E-state index contributed by atoms with van der Waals surface area (Å²) in [5, 5.41) is 12.2. The van der Waals surface area contributed by atoms with Gasteiger partial charge in [-0.25, -0.2) is 9.18 Å². The van der Waals surface area contributed by atoms with Gasteiger partial charge in [0.2, 0.25) is 0 Å². The van der Waals surface area contributed by atoms with E-state index in [-0.39, 0.29) is 18.3 Å². The van der Waals surface area contributed by atoms with Crippen molar-refractivity contribution < 1.29 is 18.7 Å². The van der Waals surface area contributed by atoms with E-state index in [1.165, 1.54) is 12.1 Å². The van der Waals surface area contributed by atoms with Gasteiger partial charge in [0.1, 0.15) is 11.6 Å². The SMILES string of the molecule is CCCOC(=O)Nc1ccc(C2C(C#N)c3ccc(OC)cc3N2CC)cc1F. The largest absolute Gasteiger partial charge is 0.497 e. The Kier molecular flexibility index (Phi) is 6.23. The van der Waals surface area contributed by atoms with Gasteiger partial charge in [-0.2, -0.15) is 5.26 Å². The summed E-state index contributed by atoms with van der Waals surface area (Å²) in [6.07, 6.45) is -0.00600. The molecular weight excluding hydrogens is 373 g/mol. The van der Waals surface area contributed by atoms with Gasteiger partial charge >= 0.3 is 6.09 Å². The predicted molar refractivity (Wildman–Crippen MR) is 109 cm³/mol. The number of hydrogen-bond donors (Lipinski definition) is 1. The number of ether oxygens (including phenoxy) is 2. The number of likely N-dealkylation sites (N-methyl/N-ethyl adjacent to an activating group) is 1. The Balaban J connectivity index is 1.92. The molecule has 6 nitrogen and oxygen atoms in total. The molecule has 152 valence electrons. The van der Waals surface area contributed by atoms with Gasteiger partial charge < -0.3 is 14.4 Å². The molecule has 1 amide bonds. The predicted octanol–water partition coefficient (Wildman–Crippen LogP) is 4.98. The monoisotopic (exact) mass is 397 g/mol. The number of anilines is 2. The van der Waals surface area contributed by atoms with E-state index in [1.807, 2.05) is 32.0 Å². The Bertz CT molecular complexity index is 941. The van der Waals surface area contributed by atoms with Crippen LogP contribution in [-0.2, 0) is 4.74 Å². The standard InChI is InChI=1S/C22H24FN3O3/c1-4-10-29-22(27)25-19-9-6-14(11-18(19)23)21-17(13-24)16-8-7-15(28-3)12-20(16)26(21)5-2/h6-9,11-12,17,21H,4-5,10H2,1-3H3,(H,25,27). The van der Waals surface area contributed by atoms with Gasteiger partial charge in [-0.3, -0.25) is 5.32 Å². The second kappa shape index (κ2) is 8.82. The van der Waals surface area contributed by atoms with Crippen LogP contribution < -0.4 is 15.0 Å². The maximum atomic E-state index is 14.7. The summed E-state index contributed by atoms with van der Waals surface area (Å²) in [4.78, 5) is 13.8. The fourth-order valence-corrected chi connectivity index (χ4v) is 3.70. The number of amides is 1. The summed E-state index contributed by atoms with van der Waals surface area (Å²) < 4.78 is 25.0. The number of carbonyl (C=O) groups excluding carboxylic acids is 1. The smallest absolute Gasteiger partial charge is 0.411 e. The van der Waals surface area contributed by atoms with Gasteiger partial charge in [0, 0.05) is 18.3 Å². The van der Waals surface area contributed by atoms with E-state index < -0.39 is 17.8 Å². The lowest BCUT2D eigenvalue weighted by atomic mass is 9.91. The van der Waals surface area contributed by atoms with Crippen molar-refractivity contribution in [1.29, 1.82) is 5.26 Å². The molecule has 1 aliphatic rings. The van der Waals surface area contributed by atoms with Crippen LogP contribution in [0.25, 0.3) is 0 Å².